The molecular weight excluding hydrogens is 760 g/mol. The van der Waals surface area contributed by atoms with E-state index in [1.54, 1.807) is 11.1 Å². The number of carbonyl (C=O) groups excluding carboxylic acids is 3. The summed E-state index contributed by atoms with van der Waals surface area (Å²) in [7, 11) is -3.87. The minimum Gasteiger partial charge on any atom is -0.350 e. The second-order valence-electron chi connectivity index (χ2n) is 15.5. The van der Waals surface area contributed by atoms with Crippen molar-refractivity contribution in [3.8, 4) is 11.3 Å². The van der Waals surface area contributed by atoms with Crippen LogP contribution in [0, 0.1) is 18.7 Å². The highest BCUT2D eigenvalue weighted by molar-refractivity contribution is 7.91. The molecule has 13 nitrogen and oxygen atoms in total. The lowest BCUT2D eigenvalue weighted by Gasteiger charge is -2.30. The average molecular weight is 807 g/mol. The third-order valence-electron chi connectivity index (χ3n) is 11.4. The zero-order chi connectivity index (χ0) is 39.0. The molecule has 1 aromatic heterocycles. The van der Waals surface area contributed by atoms with Gasteiger partial charge in [-0.15, -0.1) is 11.3 Å². The predicted molar refractivity (Wildman–Crippen MR) is 208 cm³/mol. The fraction of sp³-hybridized carbons (Fsp3) is 0.500. The number of sulfonamides is 1. The molecule has 3 amide bonds. The molecule has 0 unspecified atom stereocenters. The first-order chi connectivity index (χ1) is 27.0. The molecule has 16 heteroatoms. The van der Waals surface area contributed by atoms with Crippen LogP contribution in [0.4, 0.5) is 9.52 Å². The van der Waals surface area contributed by atoms with E-state index in [2.05, 4.69) is 15.4 Å². The quantitative estimate of drug-likeness (QED) is 0.190. The van der Waals surface area contributed by atoms with Crippen molar-refractivity contribution >= 4 is 44.2 Å². The van der Waals surface area contributed by atoms with E-state index in [0.717, 1.165) is 47.4 Å². The van der Waals surface area contributed by atoms with Crippen LogP contribution in [0.2, 0.25) is 0 Å². The van der Waals surface area contributed by atoms with E-state index >= 15 is 0 Å². The molecule has 3 aromatic rings. The van der Waals surface area contributed by atoms with Crippen LogP contribution in [0.1, 0.15) is 73.8 Å². The Morgan fingerprint density at radius 2 is 1.89 bits per heavy atom. The Kier molecular flexibility index (Phi) is 11.0. The van der Waals surface area contributed by atoms with Crippen LogP contribution in [-0.4, -0.2) is 83.4 Å². The number of hydrogen-bond acceptors (Lipinski definition) is 11. The number of halogens is 1. The lowest BCUT2D eigenvalue weighted by Crippen LogP contribution is -2.57. The third kappa shape index (κ3) is 8.26. The van der Waals surface area contributed by atoms with Crippen molar-refractivity contribution in [1.82, 2.24) is 25.0 Å². The highest BCUT2D eigenvalue weighted by atomic mass is 32.2. The molecule has 5 aliphatic rings. The first-order valence-corrected chi connectivity index (χ1v) is 21.8. The van der Waals surface area contributed by atoms with Crippen LogP contribution < -0.4 is 15.4 Å². The van der Waals surface area contributed by atoms with E-state index in [1.807, 2.05) is 55.5 Å². The third-order valence-corrected chi connectivity index (χ3v) is 14.1. The molecule has 298 valence electrons. The first-order valence-electron chi connectivity index (χ1n) is 19.4. The van der Waals surface area contributed by atoms with Gasteiger partial charge in [-0.1, -0.05) is 67.5 Å². The summed E-state index contributed by atoms with van der Waals surface area (Å²) < 4.78 is 48.4. The Morgan fingerprint density at radius 1 is 1.07 bits per heavy atom. The van der Waals surface area contributed by atoms with Crippen molar-refractivity contribution in [3.63, 3.8) is 0 Å². The fourth-order valence-corrected chi connectivity index (χ4v) is 10.2. The van der Waals surface area contributed by atoms with Crippen molar-refractivity contribution < 1.29 is 36.8 Å². The Labute approximate surface area is 330 Å². The van der Waals surface area contributed by atoms with Gasteiger partial charge in [0, 0.05) is 34.9 Å². The molecule has 3 N–H and O–H groups in total. The summed E-state index contributed by atoms with van der Waals surface area (Å²) in [6, 6.07) is 13.0. The number of nitrogens with one attached hydrogen (secondary N) is 3. The number of hydrogen-bond donors (Lipinski definition) is 3. The average Bonchev–Trinajstić information content (AvgIpc) is 4.01. The highest BCUT2D eigenvalue weighted by Gasteiger charge is 2.62. The molecule has 0 spiro atoms. The maximum absolute atomic E-state index is 14.7. The summed E-state index contributed by atoms with van der Waals surface area (Å²) in [5.41, 5.74) is 1.74. The largest absolute Gasteiger partial charge is 0.350 e. The van der Waals surface area contributed by atoms with Crippen LogP contribution in [0.15, 0.2) is 60.7 Å². The molecule has 0 radical (unpaired) electrons. The number of anilines is 1. The number of nitrogens with zero attached hydrogens (tertiary/aromatic N) is 3. The number of hydroxylamine groups is 2. The summed E-state index contributed by atoms with van der Waals surface area (Å²) in [5, 5.41) is 7.92. The summed E-state index contributed by atoms with van der Waals surface area (Å²) in [6.07, 6.45) is 8.33. The Bertz CT molecular complexity index is 2110. The zero-order valence-corrected chi connectivity index (χ0v) is 32.9. The van der Waals surface area contributed by atoms with E-state index in [0.29, 0.717) is 36.5 Å². The number of rotatable bonds is 10. The van der Waals surface area contributed by atoms with Gasteiger partial charge in [0.1, 0.15) is 23.4 Å². The lowest BCUT2D eigenvalue weighted by atomic mass is 10.1. The van der Waals surface area contributed by atoms with Crippen molar-refractivity contribution in [3.05, 3.63) is 82.5 Å². The molecule has 2 aliphatic carbocycles. The first kappa shape index (κ1) is 38.6. The zero-order valence-electron chi connectivity index (χ0n) is 31.2. The van der Waals surface area contributed by atoms with Crippen molar-refractivity contribution in [2.75, 3.05) is 18.7 Å². The smallest absolute Gasteiger partial charge is 0.259 e. The summed E-state index contributed by atoms with van der Waals surface area (Å²) in [5.74, 6) is -2.31. The second kappa shape index (κ2) is 16.0. The monoisotopic (exact) mass is 806 g/mol. The van der Waals surface area contributed by atoms with Gasteiger partial charge < -0.3 is 20.3 Å². The molecule has 2 aromatic carbocycles. The number of amides is 3. The lowest BCUT2D eigenvalue weighted by molar-refractivity contribution is -0.239. The van der Waals surface area contributed by atoms with Crippen LogP contribution in [0.25, 0.3) is 11.3 Å². The summed E-state index contributed by atoms with van der Waals surface area (Å²) >= 11 is 1.46. The Balaban J connectivity index is 1.03. The topological polar surface area (TPSA) is 159 Å². The van der Waals surface area contributed by atoms with E-state index < -0.39 is 56.7 Å². The number of aromatic nitrogens is 1. The van der Waals surface area contributed by atoms with Gasteiger partial charge in [-0.05, 0) is 57.1 Å². The maximum Gasteiger partial charge on any atom is 0.259 e. The van der Waals surface area contributed by atoms with Crippen molar-refractivity contribution in [2.45, 2.75) is 107 Å². The number of aryl methyl sites for hydroxylation is 1. The highest BCUT2D eigenvalue weighted by Crippen LogP contribution is 2.46. The Morgan fingerprint density at radius 3 is 2.68 bits per heavy atom. The van der Waals surface area contributed by atoms with Gasteiger partial charge in [0.2, 0.25) is 21.8 Å². The Hall–Kier alpha value is -4.22. The summed E-state index contributed by atoms with van der Waals surface area (Å²) in [4.78, 5) is 56.0. The molecule has 3 fully saturated rings. The van der Waals surface area contributed by atoms with Gasteiger partial charge in [0.25, 0.3) is 5.91 Å². The predicted octanol–water partition coefficient (Wildman–Crippen LogP) is 4.93. The molecule has 56 heavy (non-hydrogen) atoms. The molecule has 0 bridgehead atoms. The molecule has 8 rings (SSSR count). The minimum atomic E-state index is -3.87. The van der Waals surface area contributed by atoms with Gasteiger partial charge in [0.15, 0.2) is 11.9 Å². The van der Waals surface area contributed by atoms with Gasteiger partial charge >= 0.3 is 0 Å². The van der Waals surface area contributed by atoms with Crippen molar-refractivity contribution in [2.24, 2.45) is 5.92 Å². The molecule has 5 atom stereocenters. The molecule has 2 saturated carbocycles. The van der Waals surface area contributed by atoms with E-state index in [1.165, 1.54) is 22.3 Å². The second-order valence-corrected chi connectivity index (χ2v) is 18.6. The SMILES string of the molecule is Cc1sc(N[C@H]2CCCCC/C=C\[C@@H]3C[C@@]3(C(=O)NS(=O)(=O)C3CC3)NC(=O)[C@@H]3C[C@@H](OCON4Cc5cccc(F)c5C4)CN3C2=O)nc1-c1ccccc1. The van der Waals surface area contributed by atoms with Crippen LogP contribution in [0.5, 0.6) is 0 Å². The minimum absolute atomic E-state index is 0.0814. The number of carbonyl (C=O) groups is 3. The normalized spacial score (nSPS) is 27.6. The number of thiazole rings is 1. The maximum atomic E-state index is 14.7. The van der Waals surface area contributed by atoms with Crippen LogP contribution >= 0.6 is 11.3 Å². The van der Waals surface area contributed by atoms with Gasteiger partial charge in [-0.2, -0.15) is 5.06 Å². The molecular formula is C40H47FN6O7S2. The molecule has 3 aliphatic heterocycles. The number of benzene rings is 2. The van der Waals surface area contributed by atoms with E-state index in [-0.39, 0.29) is 44.4 Å². The molecule has 4 heterocycles. The number of ether oxygens (including phenoxy) is 1. The van der Waals surface area contributed by atoms with Gasteiger partial charge in [-0.3, -0.25) is 23.9 Å². The molecule has 1 saturated heterocycles. The summed E-state index contributed by atoms with van der Waals surface area (Å²) in [6.45, 7) is 2.54. The number of allylic oxidation sites excluding steroid dienone is 1. The van der Waals surface area contributed by atoms with E-state index in [4.69, 9.17) is 14.6 Å². The van der Waals surface area contributed by atoms with Crippen LogP contribution in [0.3, 0.4) is 0 Å². The van der Waals surface area contributed by atoms with Crippen molar-refractivity contribution in [1.29, 1.82) is 0 Å². The van der Waals surface area contributed by atoms with Crippen LogP contribution in [-0.2, 0) is 47.1 Å². The van der Waals surface area contributed by atoms with Gasteiger partial charge in [-0.25, -0.2) is 17.8 Å². The fourth-order valence-electron chi connectivity index (χ4n) is 8.00. The number of fused-ring (bicyclic) bond motifs is 3. The standard InChI is InChI=1S/C40H47FN6O7S2/c1-25-35(26-11-6-5-7-12-26)43-39(55-25)42-33-16-9-4-2-3-8-14-28-20-40(28,38(50)45-56(51,52)30-17-18-30)44-36(48)34-19-29(22-47(34)37(33)49)53-24-54-46-21-27-13-10-15-32(41)31(27)23-46/h5-8,10-15,28-30,33-34H,2-4,9,16-24H2,1H3,(H,42,43)(H,44,48)(H,45,50)/b14-8-/t28-,29-,33+,34+,40-/m1/s1. The van der Waals surface area contributed by atoms with Gasteiger partial charge in [0.05, 0.1) is 30.1 Å². The van der Waals surface area contributed by atoms with E-state index in [9.17, 15) is 27.2 Å².